The number of para-hydroxylation sites is 2. The third-order valence-electron chi connectivity index (χ3n) is 13.0. The summed E-state index contributed by atoms with van der Waals surface area (Å²) in [5.74, 6) is 4.32. The number of aromatic nitrogens is 9. The standard InChI is InChI=1S/C64H40N12/c65-41-42-35-37-54-55(39-42)76(64-73-60(47-29-15-5-16-30-47)70-61(74-64)48-31-17-6-18-32-48)53-34-20-19-33-52(53)75(54)51-38-36-49(62-68-56(43-21-7-1-8-22-43)66-57(69-62)44-23-9-2-10-24-44)40-50(51)63-71-58(45-25-11-3-12-26-45)67-59(72-63)46-27-13-4-14-28-46/h1-40H. The number of anilines is 6. The van der Waals surface area contributed by atoms with E-state index in [0.29, 0.717) is 74.9 Å². The molecule has 0 fully saturated rings. The highest BCUT2D eigenvalue weighted by molar-refractivity contribution is 6.03. The van der Waals surface area contributed by atoms with E-state index in [4.69, 9.17) is 44.9 Å². The topological polar surface area (TPSA) is 146 Å². The zero-order valence-corrected chi connectivity index (χ0v) is 40.5. The average Bonchev–Trinajstić information content (AvgIpc) is 3.51. The number of nitrogens with zero attached hydrogens (tertiary/aromatic N) is 12. The Bertz CT molecular complexity index is 3950. The molecule has 4 heterocycles. The van der Waals surface area contributed by atoms with Gasteiger partial charge in [-0.25, -0.2) is 34.9 Å². The molecule has 0 radical (unpaired) electrons. The van der Waals surface area contributed by atoms with Gasteiger partial charge in [-0.1, -0.05) is 194 Å². The van der Waals surface area contributed by atoms with Crippen molar-refractivity contribution < 1.29 is 0 Å². The Morgan fingerprint density at radius 2 is 0.566 bits per heavy atom. The summed E-state index contributed by atoms with van der Waals surface area (Å²) in [6, 6.07) is 81.8. The summed E-state index contributed by atoms with van der Waals surface area (Å²) in [6.45, 7) is 0. The van der Waals surface area contributed by atoms with Crippen molar-refractivity contribution in [2.24, 2.45) is 0 Å². The lowest BCUT2D eigenvalue weighted by atomic mass is 10.0. The van der Waals surface area contributed by atoms with Crippen molar-refractivity contribution in [3.05, 3.63) is 248 Å². The summed E-state index contributed by atoms with van der Waals surface area (Å²) in [4.78, 5) is 50.6. The Labute approximate surface area is 437 Å². The lowest BCUT2D eigenvalue weighted by molar-refractivity contribution is 1.01. The van der Waals surface area contributed by atoms with E-state index in [1.165, 1.54) is 0 Å². The first-order valence-corrected chi connectivity index (χ1v) is 24.6. The monoisotopic (exact) mass is 976 g/mol. The lowest BCUT2D eigenvalue weighted by Gasteiger charge is -2.40. The van der Waals surface area contributed by atoms with Gasteiger partial charge in [0.2, 0.25) is 5.95 Å². The van der Waals surface area contributed by atoms with Crippen molar-refractivity contribution in [2.75, 3.05) is 9.80 Å². The van der Waals surface area contributed by atoms with Crippen LogP contribution in [0.1, 0.15) is 5.56 Å². The van der Waals surface area contributed by atoms with Crippen LogP contribution >= 0.6 is 0 Å². The molecule has 1 aliphatic heterocycles. The number of hydrogen-bond donors (Lipinski definition) is 0. The maximum atomic E-state index is 10.6. The summed E-state index contributed by atoms with van der Waals surface area (Å²) in [5, 5.41) is 10.6. The quantitative estimate of drug-likeness (QED) is 0.128. The fourth-order valence-corrected chi connectivity index (χ4v) is 9.35. The number of hydrogen-bond acceptors (Lipinski definition) is 12. The molecule has 0 saturated carbocycles. The minimum Gasteiger partial charge on any atom is -0.306 e. The molecular weight excluding hydrogens is 937 g/mol. The lowest BCUT2D eigenvalue weighted by Crippen LogP contribution is -2.26. The highest BCUT2D eigenvalue weighted by Gasteiger charge is 2.35. The van der Waals surface area contributed by atoms with Crippen LogP contribution in [0.3, 0.4) is 0 Å². The van der Waals surface area contributed by atoms with Gasteiger partial charge in [0.1, 0.15) is 0 Å². The van der Waals surface area contributed by atoms with Crippen LogP contribution in [-0.4, -0.2) is 44.9 Å². The Kier molecular flexibility index (Phi) is 11.6. The smallest absolute Gasteiger partial charge is 0.238 e. The molecule has 0 aliphatic carbocycles. The molecule has 0 spiro atoms. The van der Waals surface area contributed by atoms with Crippen molar-refractivity contribution >= 4 is 34.4 Å². The van der Waals surface area contributed by atoms with Crippen LogP contribution < -0.4 is 9.80 Å². The highest BCUT2D eigenvalue weighted by atomic mass is 15.3. The zero-order valence-electron chi connectivity index (χ0n) is 40.5. The van der Waals surface area contributed by atoms with Crippen molar-refractivity contribution in [2.45, 2.75) is 0 Å². The number of benzene rings is 9. The molecule has 0 unspecified atom stereocenters. The Morgan fingerprint density at radius 1 is 0.250 bits per heavy atom. The predicted molar refractivity (Wildman–Crippen MR) is 298 cm³/mol. The van der Waals surface area contributed by atoms with Crippen molar-refractivity contribution in [1.29, 1.82) is 5.26 Å². The van der Waals surface area contributed by atoms with Gasteiger partial charge in [0.05, 0.1) is 40.1 Å². The third-order valence-corrected chi connectivity index (χ3v) is 13.0. The molecule has 12 nitrogen and oxygen atoms in total. The summed E-state index contributed by atoms with van der Waals surface area (Å²) in [7, 11) is 0. The van der Waals surface area contributed by atoms with Gasteiger partial charge in [0.15, 0.2) is 46.6 Å². The molecule has 12 heteroatoms. The van der Waals surface area contributed by atoms with Gasteiger partial charge < -0.3 is 4.90 Å². The van der Waals surface area contributed by atoms with Crippen molar-refractivity contribution in [1.82, 2.24) is 44.9 Å². The molecule has 0 bridgehead atoms. The zero-order chi connectivity index (χ0) is 50.8. The summed E-state index contributed by atoms with van der Waals surface area (Å²) in [6.07, 6.45) is 0. The molecule has 76 heavy (non-hydrogen) atoms. The van der Waals surface area contributed by atoms with E-state index in [1.807, 2.05) is 229 Å². The second-order valence-corrected chi connectivity index (χ2v) is 17.8. The molecule has 0 amide bonds. The molecule has 0 saturated heterocycles. The molecule has 13 rings (SSSR count). The van der Waals surface area contributed by atoms with Gasteiger partial charge >= 0.3 is 0 Å². The van der Waals surface area contributed by atoms with Crippen LogP contribution in [-0.2, 0) is 0 Å². The second kappa shape index (κ2) is 19.6. The fraction of sp³-hybridized carbons (Fsp3) is 0. The van der Waals surface area contributed by atoms with Crippen LogP contribution in [0, 0.1) is 11.3 Å². The van der Waals surface area contributed by atoms with E-state index < -0.39 is 0 Å². The van der Waals surface area contributed by atoms with Crippen LogP contribution in [0.4, 0.5) is 34.4 Å². The minimum absolute atomic E-state index is 0.377. The normalized spacial score (nSPS) is 11.6. The Morgan fingerprint density at radius 3 is 0.961 bits per heavy atom. The molecule has 1 aliphatic rings. The van der Waals surface area contributed by atoms with Gasteiger partial charge in [-0.05, 0) is 48.5 Å². The SMILES string of the molecule is N#Cc1ccc2c(c1)N(c1nc(-c3ccccc3)nc(-c3ccccc3)n1)c1ccccc1N2c1ccc(-c2nc(-c3ccccc3)nc(-c3ccccc3)n2)cc1-c1nc(-c2ccccc2)nc(-c2ccccc2)n1. The maximum Gasteiger partial charge on any atom is 0.238 e. The molecule has 3 aromatic heterocycles. The van der Waals surface area contributed by atoms with Crippen LogP contribution in [0.2, 0.25) is 0 Å². The van der Waals surface area contributed by atoms with E-state index in [1.54, 1.807) is 0 Å². The first kappa shape index (κ1) is 45.0. The van der Waals surface area contributed by atoms with E-state index in [-0.39, 0.29) is 0 Å². The molecule has 12 aromatic rings. The summed E-state index contributed by atoms with van der Waals surface area (Å²) >= 11 is 0. The first-order chi connectivity index (χ1) is 37.6. The van der Waals surface area contributed by atoms with Gasteiger partial charge in [-0.15, -0.1) is 0 Å². The first-order valence-electron chi connectivity index (χ1n) is 24.6. The van der Waals surface area contributed by atoms with Crippen LogP contribution in [0.25, 0.3) is 91.1 Å². The summed E-state index contributed by atoms with van der Waals surface area (Å²) < 4.78 is 0. The molecular formula is C64H40N12. The van der Waals surface area contributed by atoms with Crippen LogP contribution in [0.15, 0.2) is 243 Å². The molecule has 0 atom stereocenters. The predicted octanol–water partition coefficient (Wildman–Crippen LogP) is 14.7. The van der Waals surface area contributed by atoms with Crippen molar-refractivity contribution in [3.63, 3.8) is 0 Å². The van der Waals surface area contributed by atoms with Gasteiger partial charge in [0.25, 0.3) is 0 Å². The van der Waals surface area contributed by atoms with E-state index >= 15 is 0 Å². The van der Waals surface area contributed by atoms with E-state index in [2.05, 4.69) is 29.2 Å². The number of nitriles is 1. The Balaban J connectivity index is 1.07. The van der Waals surface area contributed by atoms with Crippen LogP contribution in [0.5, 0.6) is 0 Å². The maximum absolute atomic E-state index is 10.6. The van der Waals surface area contributed by atoms with Gasteiger partial charge in [-0.2, -0.15) is 15.2 Å². The largest absolute Gasteiger partial charge is 0.306 e. The molecule has 356 valence electrons. The highest BCUT2D eigenvalue weighted by Crippen LogP contribution is 2.55. The van der Waals surface area contributed by atoms with Crippen molar-refractivity contribution in [3.8, 4) is 97.2 Å². The van der Waals surface area contributed by atoms with E-state index in [0.717, 1.165) is 56.1 Å². The number of fused-ring (bicyclic) bond motifs is 2. The summed E-state index contributed by atoms with van der Waals surface area (Å²) in [5.41, 5.74) is 10.5. The Hall–Kier alpha value is -10.9. The molecule has 9 aromatic carbocycles. The van der Waals surface area contributed by atoms with Gasteiger partial charge in [-0.3, -0.25) is 4.90 Å². The van der Waals surface area contributed by atoms with Gasteiger partial charge in [0, 0.05) is 44.5 Å². The molecule has 0 N–H and O–H groups in total. The minimum atomic E-state index is 0.377. The number of rotatable bonds is 10. The van der Waals surface area contributed by atoms with E-state index in [9.17, 15) is 5.26 Å². The second-order valence-electron chi connectivity index (χ2n) is 17.8. The average molecular weight is 977 g/mol. The fourth-order valence-electron chi connectivity index (χ4n) is 9.35. The third kappa shape index (κ3) is 8.61.